The van der Waals surface area contributed by atoms with Gasteiger partial charge in [0.2, 0.25) is 12.0 Å². The van der Waals surface area contributed by atoms with Crippen LogP contribution in [0.1, 0.15) is 58.3 Å². The number of hydrogen-bond acceptors (Lipinski definition) is 10. The highest BCUT2D eigenvalue weighted by molar-refractivity contribution is 6.04. The number of aromatic nitrogens is 2. The number of aliphatic imine (C=N–C) groups is 1. The number of nitrogens with zero attached hydrogens (tertiary/aromatic N) is 4. The fourth-order valence-electron chi connectivity index (χ4n) is 7.11. The number of imidazole rings is 1. The van der Waals surface area contributed by atoms with Gasteiger partial charge in [0.05, 0.1) is 31.6 Å². The van der Waals surface area contributed by atoms with Crippen molar-refractivity contribution >= 4 is 41.6 Å². The monoisotopic (exact) mass is 756 g/mol. The number of anilines is 1. The lowest BCUT2D eigenvalue weighted by atomic mass is 10.0. The average molecular weight is 757 g/mol. The molecule has 1 aromatic heterocycles. The van der Waals surface area contributed by atoms with Crippen LogP contribution in [0.15, 0.2) is 59.7 Å². The molecule has 3 heterocycles. The van der Waals surface area contributed by atoms with Gasteiger partial charge in [-0.25, -0.2) is 24.4 Å². The number of urea groups is 1. The molecule has 0 aliphatic carbocycles. The standard InChI is InChI=1S/C39H48N8O8/c1-23(2)32(44-39(53)55-5)36(50)47-19-7-9-31(47)35(49)45-38(52)42-28-16-14-26(15-17-28)25-10-12-27(13-11-25)29-21-41-34(43-29)30-8-6-18-46(30)37(51)33(54-4)24(3)20-40-22-48/h10-17,21,23-24,30-33H,6-9,18-20H2,1-5H3,(H,41,43)(H,44,53)(H2,42,45,49,52)/t24?,30-,31-,32-,33-/m0/s1. The van der Waals surface area contributed by atoms with Crippen LogP contribution in [0.2, 0.25) is 0 Å². The Morgan fingerprint density at radius 1 is 0.909 bits per heavy atom. The maximum absolute atomic E-state index is 13.4. The molecule has 4 N–H and O–H groups in total. The minimum atomic E-state index is -0.878. The van der Waals surface area contributed by atoms with Crippen LogP contribution in [0.5, 0.6) is 0 Å². The van der Waals surface area contributed by atoms with Crippen molar-refractivity contribution in [1.29, 1.82) is 0 Å². The second-order valence-electron chi connectivity index (χ2n) is 14.1. The van der Waals surface area contributed by atoms with Crippen LogP contribution in [0.25, 0.3) is 22.4 Å². The highest BCUT2D eigenvalue weighted by Gasteiger charge is 2.40. The van der Waals surface area contributed by atoms with Gasteiger partial charge in [-0.15, -0.1) is 0 Å². The van der Waals surface area contributed by atoms with Gasteiger partial charge in [0.15, 0.2) is 0 Å². The summed E-state index contributed by atoms with van der Waals surface area (Å²) in [5.74, 6) is -1.02. The molecule has 0 bridgehead atoms. The molecule has 5 atom stereocenters. The Kier molecular flexibility index (Phi) is 13.5. The summed E-state index contributed by atoms with van der Waals surface area (Å²) in [5, 5.41) is 7.56. The number of benzene rings is 2. The van der Waals surface area contributed by atoms with Gasteiger partial charge >= 0.3 is 12.1 Å². The Labute approximate surface area is 319 Å². The number of carbonyl (C=O) groups excluding carboxylic acids is 6. The van der Waals surface area contributed by atoms with Gasteiger partial charge in [-0.05, 0) is 60.4 Å². The van der Waals surface area contributed by atoms with E-state index in [2.05, 4.69) is 35.6 Å². The van der Waals surface area contributed by atoms with Gasteiger partial charge in [-0.3, -0.25) is 19.7 Å². The summed E-state index contributed by atoms with van der Waals surface area (Å²) in [6, 6.07) is 12.4. The molecular formula is C39H48N8O8. The van der Waals surface area contributed by atoms with Gasteiger partial charge < -0.3 is 34.9 Å². The van der Waals surface area contributed by atoms with Crippen LogP contribution in [0.4, 0.5) is 15.3 Å². The molecule has 2 aliphatic rings. The highest BCUT2D eigenvalue weighted by Crippen LogP contribution is 2.33. The molecule has 55 heavy (non-hydrogen) atoms. The topological polar surface area (TPSA) is 204 Å². The molecule has 16 heteroatoms. The van der Waals surface area contributed by atoms with Crippen molar-refractivity contribution in [2.24, 2.45) is 16.8 Å². The first-order valence-electron chi connectivity index (χ1n) is 18.3. The normalized spacial score (nSPS) is 18.2. The molecule has 1 unspecified atom stereocenters. The molecule has 0 radical (unpaired) electrons. The lowest BCUT2D eigenvalue weighted by Crippen LogP contribution is -2.55. The fraction of sp³-hybridized carbons (Fsp3) is 0.462. The smallest absolute Gasteiger partial charge is 0.407 e. The van der Waals surface area contributed by atoms with Crippen molar-refractivity contribution in [3.05, 3.63) is 60.6 Å². The van der Waals surface area contributed by atoms with Crippen molar-refractivity contribution in [3.63, 3.8) is 0 Å². The third kappa shape index (κ3) is 9.63. The molecule has 6 amide bonds. The number of amides is 6. The second-order valence-corrected chi connectivity index (χ2v) is 14.1. The van der Waals surface area contributed by atoms with Gasteiger partial charge in [0.25, 0.3) is 11.8 Å². The van der Waals surface area contributed by atoms with E-state index in [1.807, 2.05) is 43.3 Å². The number of rotatable bonds is 13. The van der Waals surface area contributed by atoms with E-state index in [-0.39, 0.29) is 30.3 Å². The molecule has 2 fully saturated rings. The van der Waals surface area contributed by atoms with Crippen LogP contribution >= 0.6 is 0 Å². The van der Waals surface area contributed by atoms with Gasteiger partial charge in [-0.1, -0.05) is 57.2 Å². The molecule has 5 rings (SSSR count). The zero-order valence-electron chi connectivity index (χ0n) is 31.7. The number of carbonyl (C=O) groups is 5. The van der Waals surface area contributed by atoms with E-state index in [0.29, 0.717) is 37.4 Å². The highest BCUT2D eigenvalue weighted by atomic mass is 16.5. The maximum Gasteiger partial charge on any atom is 0.407 e. The molecule has 2 saturated heterocycles. The number of nitrogens with one attached hydrogen (secondary N) is 4. The third-order valence-corrected chi connectivity index (χ3v) is 10.0. The number of aromatic amines is 1. The molecule has 292 valence electrons. The molecule has 0 saturated carbocycles. The third-order valence-electron chi connectivity index (χ3n) is 10.0. The molecule has 2 aromatic carbocycles. The number of isocyanates is 1. The molecule has 2 aliphatic heterocycles. The van der Waals surface area contributed by atoms with Crippen molar-refractivity contribution < 1.29 is 38.2 Å². The fourth-order valence-corrected chi connectivity index (χ4v) is 7.11. The van der Waals surface area contributed by atoms with Crippen LogP contribution in [-0.2, 0) is 28.7 Å². The van der Waals surface area contributed by atoms with E-state index in [0.717, 1.165) is 35.2 Å². The summed E-state index contributed by atoms with van der Waals surface area (Å²) in [4.78, 5) is 89.8. The van der Waals surface area contributed by atoms with E-state index in [9.17, 15) is 28.8 Å². The predicted octanol–water partition coefficient (Wildman–Crippen LogP) is 4.41. The largest absolute Gasteiger partial charge is 0.453 e. The van der Waals surface area contributed by atoms with E-state index in [4.69, 9.17) is 4.74 Å². The zero-order chi connectivity index (χ0) is 39.6. The first kappa shape index (κ1) is 40.3. The Hall–Kier alpha value is -5.86. The van der Waals surface area contributed by atoms with Crippen molar-refractivity contribution in [2.45, 2.75) is 70.7 Å². The SMILES string of the molecule is COC(=O)N[C@H](C(=O)N1CCC[C@H]1C(=O)NC(=O)Nc1ccc(-c2ccc(-c3cnc([C@@H]4CCCN4C(=O)[C@@H](OC)C(C)CN=C=O)[nH]3)cc2)cc1)C(C)C. The number of hydrogen-bond donors (Lipinski definition) is 4. The lowest BCUT2D eigenvalue weighted by Gasteiger charge is -2.30. The van der Waals surface area contributed by atoms with Gasteiger partial charge in [-0.2, -0.15) is 0 Å². The van der Waals surface area contributed by atoms with E-state index < -0.39 is 42.1 Å². The number of imide groups is 1. The van der Waals surface area contributed by atoms with Crippen molar-refractivity contribution in [3.8, 4) is 22.4 Å². The second kappa shape index (κ2) is 18.5. The van der Waals surface area contributed by atoms with E-state index >= 15 is 0 Å². The number of ether oxygens (including phenoxy) is 2. The lowest BCUT2D eigenvalue weighted by molar-refractivity contribution is -0.145. The van der Waals surface area contributed by atoms with Crippen LogP contribution in [0.3, 0.4) is 0 Å². The Bertz CT molecular complexity index is 1890. The number of methoxy groups -OCH3 is 2. The number of likely N-dealkylation sites (tertiary alicyclic amines) is 2. The van der Waals surface area contributed by atoms with E-state index in [1.165, 1.54) is 25.2 Å². The van der Waals surface area contributed by atoms with Gasteiger partial charge in [0, 0.05) is 31.8 Å². The average Bonchev–Trinajstić information content (AvgIpc) is 3.98. The summed E-state index contributed by atoms with van der Waals surface area (Å²) in [7, 11) is 2.69. The summed E-state index contributed by atoms with van der Waals surface area (Å²) < 4.78 is 10.2. The predicted molar refractivity (Wildman–Crippen MR) is 202 cm³/mol. The number of H-pyrrole nitrogens is 1. The minimum Gasteiger partial charge on any atom is -0.453 e. The van der Waals surface area contributed by atoms with Crippen LogP contribution < -0.4 is 16.0 Å². The Morgan fingerprint density at radius 3 is 2.18 bits per heavy atom. The summed E-state index contributed by atoms with van der Waals surface area (Å²) in [6.07, 6.45) is 4.35. The van der Waals surface area contributed by atoms with E-state index in [1.54, 1.807) is 37.1 Å². The first-order chi connectivity index (χ1) is 26.4. The molecule has 3 aromatic rings. The number of alkyl carbamates (subject to hydrolysis) is 1. The zero-order valence-corrected chi connectivity index (χ0v) is 31.7. The Balaban J connectivity index is 1.16. The quantitative estimate of drug-likeness (QED) is 0.144. The summed E-state index contributed by atoms with van der Waals surface area (Å²) in [5.41, 5.74) is 4.03. The molecule has 16 nitrogen and oxygen atoms in total. The van der Waals surface area contributed by atoms with Crippen molar-refractivity contribution in [1.82, 2.24) is 30.4 Å². The first-order valence-corrected chi connectivity index (χ1v) is 18.3. The maximum atomic E-state index is 13.4. The Morgan fingerprint density at radius 2 is 1.55 bits per heavy atom. The van der Waals surface area contributed by atoms with Crippen LogP contribution in [0, 0.1) is 11.8 Å². The summed E-state index contributed by atoms with van der Waals surface area (Å²) >= 11 is 0. The molecular weight excluding hydrogens is 708 g/mol. The van der Waals surface area contributed by atoms with Crippen molar-refractivity contribution in [2.75, 3.05) is 39.2 Å². The van der Waals surface area contributed by atoms with Gasteiger partial charge in [0.1, 0.15) is 24.0 Å². The summed E-state index contributed by atoms with van der Waals surface area (Å²) in [6.45, 7) is 6.44. The molecule has 0 spiro atoms. The van der Waals surface area contributed by atoms with Crippen LogP contribution in [-0.4, -0.2) is 108 Å². The minimum absolute atomic E-state index is 0.152.